The highest BCUT2D eigenvalue weighted by molar-refractivity contribution is 7.99. The fourth-order valence-electron chi connectivity index (χ4n) is 1.83. The van der Waals surface area contributed by atoms with Crippen LogP contribution in [0, 0.1) is 0 Å². The van der Waals surface area contributed by atoms with Gasteiger partial charge in [0.15, 0.2) is 0 Å². The summed E-state index contributed by atoms with van der Waals surface area (Å²) in [4.78, 5) is 0. The van der Waals surface area contributed by atoms with Crippen molar-refractivity contribution >= 4 is 11.8 Å². The average molecular weight is 201 g/mol. The molecule has 1 nitrogen and oxygen atoms in total. The maximum atomic E-state index is 3.45. The zero-order valence-electron chi connectivity index (χ0n) is 8.85. The van der Waals surface area contributed by atoms with Crippen LogP contribution in [0.2, 0.25) is 0 Å². The molecular weight excluding hydrogens is 178 g/mol. The molecule has 0 radical (unpaired) electrons. The summed E-state index contributed by atoms with van der Waals surface area (Å²) in [6.45, 7) is 4.61. The molecular formula is C11H23NS. The zero-order chi connectivity index (χ0) is 9.36. The zero-order valence-corrected chi connectivity index (χ0v) is 9.67. The molecule has 1 aliphatic carbocycles. The largest absolute Gasteiger partial charge is 0.316 e. The highest BCUT2D eigenvalue weighted by Crippen LogP contribution is 2.27. The van der Waals surface area contributed by atoms with Crippen molar-refractivity contribution in [3.8, 4) is 0 Å². The van der Waals surface area contributed by atoms with Gasteiger partial charge in [-0.1, -0.05) is 26.2 Å². The molecule has 0 saturated heterocycles. The summed E-state index contributed by atoms with van der Waals surface area (Å²) < 4.78 is 0. The minimum absolute atomic E-state index is 0.983. The van der Waals surface area contributed by atoms with Crippen LogP contribution in [0.4, 0.5) is 0 Å². The number of hydrogen-bond donors (Lipinski definition) is 1. The summed E-state index contributed by atoms with van der Waals surface area (Å²) in [7, 11) is 0. The molecule has 1 N–H and O–H groups in total. The van der Waals surface area contributed by atoms with Crippen LogP contribution >= 0.6 is 11.8 Å². The quantitative estimate of drug-likeness (QED) is 0.663. The third-order valence-electron chi connectivity index (χ3n) is 2.61. The van der Waals surface area contributed by atoms with Crippen LogP contribution in [0.3, 0.4) is 0 Å². The molecule has 1 saturated carbocycles. The Kier molecular flexibility index (Phi) is 6.73. The second kappa shape index (κ2) is 7.69. The molecule has 0 aromatic rings. The SMILES string of the molecule is CCCNCCSC1CCCCC1. The first-order valence-electron chi connectivity index (χ1n) is 5.76. The smallest absolute Gasteiger partial charge is 0.00608 e. The predicted octanol–water partition coefficient (Wildman–Crippen LogP) is 3.05. The molecule has 1 aliphatic rings. The van der Waals surface area contributed by atoms with E-state index in [0.717, 1.165) is 5.25 Å². The van der Waals surface area contributed by atoms with Gasteiger partial charge < -0.3 is 5.32 Å². The van der Waals surface area contributed by atoms with E-state index in [-0.39, 0.29) is 0 Å². The van der Waals surface area contributed by atoms with E-state index in [1.807, 2.05) is 0 Å². The molecule has 0 unspecified atom stereocenters. The molecule has 2 heteroatoms. The Morgan fingerprint density at radius 2 is 1.92 bits per heavy atom. The standard InChI is InChI=1S/C11H23NS/c1-2-8-12-9-10-13-11-6-4-3-5-7-11/h11-12H,2-10H2,1H3. The molecule has 0 aliphatic heterocycles. The van der Waals surface area contributed by atoms with Crippen molar-refractivity contribution in [1.82, 2.24) is 5.32 Å². The van der Waals surface area contributed by atoms with E-state index in [1.54, 1.807) is 0 Å². The van der Waals surface area contributed by atoms with E-state index in [4.69, 9.17) is 0 Å². The van der Waals surface area contributed by atoms with E-state index >= 15 is 0 Å². The van der Waals surface area contributed by atoms with Crippen molar-refractivity contribution in [3.63, 3.8) is 0 Å². The maximum absolute atomic E-state index is 3.45. The third kappa shape index (κ3) is 5.58. The second-order valence-electron chi connectivity index (χ2n) is 3.88. The van der Waals surface area contributed by atoms with Crippen LogP contribution in [0.25, 0.3) is 0 Å². The Labute approximate surface area is 87.1 Å². The minimum atomic E-state index is 0.983. The lowest BCUT2D eigenvalue weighted by Gasteiger charge is -2.20. The fourth-order valence-corrected chi connectivity index (χ4v) is 3.09. The molecule has 0 aromatic carbocycles. The molecule has 0 bridgehead atoms. The monoisotopic (exact) mass is 201 g/mol. The number of rotatable bonds is 6. The Balaban J connectivity index is 1.86. The summed E-state index contributed by atoms with van der Waals surface area (Å²) in [5, 5.41) is 4.44. The van der Waals surface area contributed by atoms with Gasteiger partial charge in [-0.25, -0.2) is 0 Å². The van der Waals surface area contributed by atoms with Gasteiger partial charge in [-0.3, -0.25) is 0 Å². The Morgan fingerprint density at radius 1 is 1.15 bits per heavy atom. The van der Waals surface area contributed by atoms with Gasteiger partial charge in [-0.15, -0.1) is 0 Å². The maximum Gasteiger partial charge on any atom is 0.00608 e. The van der Waals surface area contributed by atoms with E-state index in [9.17, 15) is 0 Å². The van der Waals surface area contributed by atoms with E-state index in [1.165, 1.54) is 57.4 Å². The minimum Gasteiger partial charge on any atom is -0.316 e. The first kappa shape index (κ1) is 11.4. The lowest BCUT2D eigenvalue weighted by Crippen LogP contribution is -2.19. The Bertz CT molecular complexity index is 111. The lowest BCUT2D eigenvalue weighted by atomic mass is 10.0. The molecule has 13 heavy (non-hydrogen) atoms. The van der Waals surface area contributed by atoms with E-state index < -0.39 is 0 Å². The van der Waals surface area contributed by atoms with Crippen LogP contribution in [0.1, 0.15) is 45.4 Å². The van der Waals surface area contributed by atoms with Gasteiger partial charge in [0, 0.05) is 17.5 Å². The molecule has 0 aromatic heterocycles. The van der Waals surface area contributed by atoms with Crippen LogP contribution in [0.5, 0.6) is 0 Å². The summed E-state index contributed by atoms with van der Waals surface area (Å²) in [5.74, 6) is 1.31. The number of hydrogen-bond acceptors (Lipinski definition) is 2. The third-order valence-corrected chi connectivity index (χ3v) is 3.99. The van der Waals surface area contributed by atoms with Crippen molar-refractivity contribution in [2.75, 3.05) is 18.8 Å². The summed E-state index contributed by atoms with van der Waals surface area (Å²) in [6.07, 6.45) is 8.62. The van der Waals surface area contributed by atoms with Gasteiger partial charge in [0.25, 0.3) is 0 Å². The Hall–Kier alpha value is 0.310. The van der Waals surface area contributed by atoms with Crippen molar-refractivity contribution in [3.05, 3.63) is 0 Å². The van der Waals surface area contributed by atoms with Gasteiger partial charge in [-0.05, 0) is 25.8 Å². The van der Waals surface area contributed by atoms with Crippen molar-refractivity contribution in [1.29, 1.82) is 0 Å². The highest BCUT2D eigenvalue weighted by atomic mass is 32.2. The normalized spacial score (nSPS) is 19.2. The molecule has 0 heterocycles. The molecule has 1 fully saturated rings. The van der Waals surface area contributed by atoms with Crippen molar-refractivity contribution < 1.29 is 0 Å². The van der Waals surface area contributed by atoms with Gasteiger partial charge in [-0.2, -0.15) is 11.8 Å². The van der Waals surface area contributed by atoms with Gasteiger partial charge in [0.1, 0.15) is 0 Å². The molecule has 0 amide bonds. The van der Waals surface area contributed by atoms with Crippen LogP contribution in [-0.2, 0) is 0 Å². The van der Waals surface area contributed by atoms with Crippen LogP contribution < -0.4 is 5.32 Å². The molecule has 0 spiro atoms. The van der Waals surface area contributed by atoms with Gasteiger partial charge in [0.2, 0.25) is 0 Å². The van der Waals surface area contributed by atoms with Gasteiger partial charge >= 0.3 is 0 Å². The molecule has 78 valence electrons. The molecule has 0 atom stereocenters. The second-order valence-corrected chi connectivity index (χ2v) is 5.29. The van der Waals surface area contributed by atoms with E-state index in [0.29, 0.717) is 0 Å². The Morgan fingerprint density at radius 3 is 2.62 bits per heavy atom. The summed E-state index contributed by atoms with van der Waals surface area (Å²) in [6, 6.07) is 0. The van der Waals surface area contributed by atoms with E-state index in [2.05, 4.69) is 24.0 Å². The summed E-state index contributed by atoms with van der Waals surface area (Å²) >= 11 is 2.19. The van der Waals surface area contributed by atoms with Crippen molar-refractivity contribution in [2.45, 2.75) is 50.7 Å². The van der Waals surface area contributed by atoms with Crippen LogP contribution in [0.15, 0.2) is 0 Å². The first-order valence-corrected chi connectivity index (χ1v) is 6.80. The number of nitrogens with one attached hydrogen (secondary N) is 1. The lowest BCUT2D eigenvalue weighted by molar-refractivity contribution is 0.516. The summed E-state index contributed by atoms with van der Waals surface area (Å²) in [5.41, 5.74) is 0. The molecule has 1 rings (SSSR count). The van der Waals surface area contributed by atoms with Crippen molar-refractivity contribution in [2.24, 2.45) is 0 Å². The average Bonchev–Trinajstić information content (AvgIpc) is 2.19. The highest BCUT2D eigenvalue weighted by Gasteiger charge is 2.12. The first-order chi connectivity index (χ1) is 6.43. The van der Waals surface area contributed by atoms with Gasteiger partial charge in [0.05, 0.1) is 0 Å². The topological polar surface area (TPSA) is 12.0 Å². The van der Waals surface area contributed by atoms with Crippen LogP contribution in [-0.4, -0.2) is 24.1 Å². The predicted molar refractivity (Wildman–Crippen MR) is 62.5 cm³/mol. The number of thioether (sulfide) groups is 1. The fraction of sp³-hybridized carbons (Fsp3) is 1.00.